The van der Waals surface area contributed by atoms with Crippen LogP contribution in [0.3, 0.4) is 0 Å². The number of hydrogen-bond acceptors (Lipinski definition) is 4. The summed E-state index contributed by atoms with van der Waals surface area (Å²) >= 11 is 0. The molecule has 1 heterocycles. The van der Waals surface area contributed by atoms with E-state index in [1.54, 1.807) is 13.2 Å². The number of rotatable bonds is 5. The predicted molar refractivity (Wildman–Crippen MR) is 70.2 cm³/mol. The zero-order chi connectivity index (χ0) is 13.9. The first-order chi connectivity index (χ1) is 9.05. The lowest BCUT2D eigenvalue weighted by Gasteiger charge is -2.17. The minimum atomic E-state index is -3.56. The molecule has 2 aromatic rings. The number of para-hydroxylation sites is 1. The summed E-state index contributed by atoms with van der Waals surface area (Å²) in [7, 11) is -0.485. The maximum Gasteiger partial charge on any atom is 0.260 e. The smallest absolute Gasteiger partial charge is 0.260 e. The summed E-state index contributed by atoms with van der Waals surface area (Å²) in [6.07, 6.45) is 2.62. The van der Waals surface area contributed by atoms with E-state index >= 15 is 0 Å². The molecular weight excluding hydrogens is 266 g/mol. The Morgan fingerprint density at radius 2 is 2.11 bits per heavy atom. The fourth-order valence-electron chi connectivity index (χ4n) is 1.71. The average Bonchev–Trinajstić information content (AvgIpc) is 2.93. The zero-order valence-electron chi connectivity index (χ0n) is 10.7. The molecule has 19 heavy (non-hydrogen) atoms. The molecule has 102 valence electrons. The van der Waals surface area contributed by atoms with E-state index in [-0.39, 0.29) is 11.6 Å². The molecule has 0 aliphatic rings. The van der Waals surface area contributed by atoms with Crippen LogP contribution in [-0.4, -0.2) is 36.8 Å². The van der Waals surface area contributed by atoms with Gasteiger partial charge in [-0.2, -0.15) is 4.31 Å². The molecule has 6 nitrogen and oxygen atoms in total. The summed E-state index contributed by atoms with van der Waals surface area (Å²) in [5, 5.41) is 0.0740. The fraction of sp³-hybridized carbons (Fsp3) is 0.250. The van der Waals surface area contributed by atoms with Crippen LogP contribution in [0.2, 0.25) is 0 Å². The van der Waals surface area contributed by atoms with Crippen molar-refractivity contribution in [3.05, 3.63) is 42.4 Å². The zero-order valence-corrected chi connectivity index (χ0v) is 11.5. The van der Waals surface area contributed by atoms with Gasteiger partial charge in [0.1, 0.15) is 5.75 Å². The van der Waals surface area contributed by atoms with Gasteiger partial charge < -0.3 is 9.72 Å². The number of nitrogens with zero attached hydrogens (tertiary/aromatic N) is 2. The molecule has 0 aliphatic heterocycles. The molecule has 1 aromatic heterocycles. The van der Waals surface area contributed by atoms with Gasteiger partial charge in [0.05, 0.1) is 19.6 Å². The van der Waals surface area contributed by atoms with Crippen LogP contribution in [0.1, 0.15) is 5.56 Å². The molecule has 0 atom stereocenters. The van der Waals surface area contributed by atoms with Crippen molar-refractivity contribution < 1.29 is 13.2 Å². The SMILES string of the molecule is COc1ccccc1CN(C)S(=O)(=O)c1cnc[nH]1. The van der Waals surface area contributed by atoms with Crippen LogP contribution in [0.5, 0.6) is 5.75 Å². The van der Waals surface area contributed by atoms with Crippen molar-refractivity contribution in [1.82, 2.24) is 14.3 Å². The number of H-pyrrole nitrogens is 1. The molecule has 0 spiro atoms. The number of hydrogen-bond donors (Lipinski definition) is 1. The molecule has 0 unspecified atom stereocenters. The summed E-state index contributed by atoms with van der Waals surface area (Å²) in [6.45, 7) is 0.228. The first-order valence-corrected chi connectivity index (χ1v) is 7.06. The second kappa shape index (κ2) is 5.41. The second-order valence-electron chi connectivity index (χ2n) is 3.99. The summed E-state index contributed by atoms with van der Waals surface area (Å²) < 4.78 is 30.9. The van der Waals surface area contributed by atoms with Crippen LogP contribution in [0.15, 0.2) is 41.8 Å². The van der Waals surface area contributed by atoms with E-state index in [2.05, 4.69) is 9.97 Å². The Balaban J connectivity index is 2.24. The number of aromatic amines is 1. The van der Waals surface area contributed by atoms with Gasteiger partial charge in [-0.15, -0.1) is 0 Å². The summed E-state index contributed by atoms with van der Waals surface area (Å²) in [5.74, 6) is 0.661. The van der Waals surface area contributed by atoms with Gasteiger partial charge in [0.15, 0.2) is 5.03 Å². The topological polar surface area (TPSA) is 75.3 Å². The van der Waals surface area contributed by atoms with Gasteiger partial charge in [0.25, 0.3) is 10.0 Å². The number of imidazole rings is 1. The van der Waals surface area contributed by atoms with Gasteiger partial charge in [-0.1, -0.05) is 18.2 Å². The Morgan fingerprint density at radius 3 is 2.74 bits per heavy atom. The van der Waals surface area contributed by atoms with Crippen molar-refractivity contribution in [2.45, 2.75) is 11.6 Å². The third-order valence-electron chi connectivity index (χ3n) is 2.75. The molecular formula is C12H15N3O3S. The second-order valence-corrected chi connectivity index (χ2v) is 6.00. The molecule has 0 fully saturated rings. The third kappa shape index (κ3) is 2.77. The summed E-state index contributed by atoms with van der Waals surface area (Å²) in [4.78, 5) is 6.33. The number of methoxy groups -OCH3 is 1. The van der Waals surface area contributed by atoms with E-state index < -0.39 is 10.0 Å². The molecule has 1 aromatic carbocycles. The highest BCUT2D eigenvalue weighted by molar-refractivity contribution is 7.89. The van der Waals surface area contributed by atoms with Gasteiger partial charge in [0, 0.05) is 19.2 Å². The summed E-state index contributed by atoms with van der Waals surface area (Å²) in [5.41, 5.74) is 0.801. The van der Waals surface area contributed by atoms with E-state index in [1.807, 2.05) is 18.2 Å². The van der Waals surface area contributed by atoms with Crippen molar-refractivity contribution in [1.29, 1.82) is 0 Å². The van der Waals surface area contributed by atoms with E-state index in [1.165, 1.54) is 23.9 Å². The minimum Gasteiger partial charge on any atom is -0.496 e. The highest BCUT2D eigenvalue weighted by atomic mass is 32.2. The monoisotopic (exact) mass is 281 g/mol. The molecule has 0 amide bonds. The number of sulfonamides is 1. The summed E-state index contributed by atoms with van der Waals surface area (Å²) in [6, 6.07) is 7.31. The van der Waals surface area contributed by atoms with Gasteiger partial charge >= 0.3 is 0 Å². The van der Waals surface area contributed by atoms with Gasteiger partial charge in [0.2, 0.25) is 0 Å². The van der Waals surface area contributed by atoms with Crippen LogP contribution in [0.25, 0.3) is 0 Å². The molecule has 0 saturated heterocycles. The average molecular weight is 281 g/mol. The predicted octanol–water partition coefficient (Wildman–Crippen LogP) is 1.24. The van der Waals surface area contributed by atoms with Crippen LogP contribution in [0.4, 0.5) is 0 Å². The highest BCUT2D eigenvalue weighted by Crippen LogP contribution is 2.21. The maximum absolute atomic E-state index is 12.2. The lowest BCUT2D eigenvalue weighted by Crippen LogP contribution is -2.27. The molecule has 1 N–H and O–H groups in total. The fourth-order valence-corrected chi connectivity index (χ4v) is 2.75. The quantitative estimate of drug-likeness (QED) is 0.894. The van der Waals surface area contributed by atoms with Crippen LogP contribution >= 0.6 is 0 Å². The third-order valence-corrected chi connectivity index (χ3v) is 4.48. The number of nitrogens with one attached hydrogen (secondary N) is 1. The molecule has 2 rings (SSSR count). The number of aromatic nitrogens is 2. The highest BCUT2D eigenvalue weighted by Gasteiger charge is 2.23. The van der Waals surface area contributed by atoms with E-state index in [4.69, 9.17) is 4.74 Å². The lowest BCUT2D eigenvalue weighted by molar-refractivity contribution is 0.397. The van der Waals surface area contributed by atoms with Crippen LogP contribution in [-0.2, 0) is 16.6 Å². The van der Waals surface area contributed by atoms with Gasteiger partial charge in [-0.3, -0.25) is 0 Å². The first kappa shape index (κ1) is 13.6. The van der Waals surface area contributed by atoms with Crippen molar-refractivity contribution in [3.63, 3.8) is 0 Å². The Labute approximate surface area is 112 Å². The standard InChI is InChI=1S/C12H15N3O3S/c1-15(19(16,17)12-7-13-9-14-12)8-10-5-3-4-6-11(10)18-2/h3-7,9H,8H2,1-2H3,(H,13,14). The lowest BCUT2D eigenvalue weighted by atomic mass is 10.2. The van der Waals surface area contributed by atoms with E-state index in [0.29, 0.717) is 5.75 Å². The molecule has 0 saturated carbocycles. The van der Waals surface area contributed by atoms with Gasteiger partial charge in [-0.05, 0) is 6.07 Å². The van der Waals surface area contributed by atoms with Crippen LogP contribution in [0, 0.1) is 0 Å². The van der Waals surface area contributed by atoms with Gasteiger partial charge in [-0.25, -0.2) is 13.4 Å². The molecule has 0 aliphatic carbocycles. The molecule has 0 radical (unpaired) electrons. The van der Waals surface area contributed by atoms with Crippen molar-refractivity contribution in [2.24, 2.45) is 0 Å². The Hall–Kier alpha value is -1.86. The Bertz CT molecular complexity index is 638. The largest absolute Gasteiger partial charge is 0.496 e. The Morgan fingerprint density at radius 1 is 1.37 bits per heavy atom. The molecule has 7 heteroatoms. The normalized spacial score (nSPS) is 11.7. The number of ether oxygens (including phenoxy) is 1. The maximum atomic E-state index is 12.2. The van der Waals surface area contributed by atoms with Crippen molar-refractivity contribution >= 4 is 10.0 Å². The van der Waals surface area contributed by atoms with Crippen molar-refractivity contribution in [2.75, 3.05) is 14.2 Å². The van der Waals surface area contributed by atoms with Crippen LogP contribution < -0.4 is 4.74 Å². The number of benzene rings is 1. The van der Waals surface area contributed by atoms with E-state index in [9.17, 15) is 8.42 Å². The van der Waals surface area contributed by atoms with E-state index in [0.717, 1.165) is 5.56 Å². The Kier molecular flexibility index (Phi) is 3.87. The molecule has 0 bridgehead atoms. The first-order valence-electron chi connectivity index (χ1n) is 5.62. The minimum absolute atomic E-state index is 0.0740. The van der Waals surface area contributed by atoms with Crippen molar-refractivity contribution in [3.8, 4) is 5.75 Å².